The molecule has 0 N–H and O–H groups in total. The molecule has 1 saturated heterocycles. The standard InChI is InChI=1S/C16H21ClN2O3/c1-16(2,3)22-15(21)18-7-10-4-11(9-18)13-5-12(17)6-14(20)19(13)8-10/h5-6,10-11H,4,7-9H2,1-3H3/t10?,11-/m0/s1. The quantitative estimate of drug-likeness (QED) is 0.737. The van der Waals surface area contributed by atoms with Crippen molar-refractivity contribution < 1.29 is 9.53 Å². The van der Waals surface area contributed by atoms with Crippen LogP contribution in [-0.4, -0.2) is 34.3 Å². The van der Waals surface area contributed by atoms with E-state index in [1.807, 2.05) is 26.8 Å². The number of nitrogens with zero attached hydrogens (tertiary/aromatic N) is 2. The van der Waals surface area contributed by atoms with Gasteiger partial charge in [-0.15, -0.1) is 0 Å². The zero-order chi connectivity index (χ0) is 16.1. The van der Waals surface area contributed by atoms with E-state index < -0.39 is 5.60 Å². The van der Waals surface area contributed by atoms with Crippen LogP contribution in [0.2, 0.25) is 5.02 Å². The lowest BCUT2D eigenvalue weighted by Gasteiger charge is -2.42. The van der Waals surface area contributed by atoms with E-state index in [-0.39, 0.29) is 23.5 Å². The smallest absolute Gasteiger partial charge is 0.410 e. The Kier molecular flexibility index (Phi) is 3.71. The highest BCUT2D eigenvalue weighted by atomic mass is 35.5. The highest BCUT2D eigenvalue weighted by molar-refractivity contribution is 6.30. The SMILES string of the molecule is CC(C)(C)OC(=O)N1CC2C[C@@H](C1)c1cc(Cl)cc(=O)n1C2. The van der Waals surface area contributed by atoms with Gasteiger partial charge in [0, 0.05) is 42.3 Å². The third-order valence-corrected chi connectivity index (χ3v) is 4.39. The second kappa shape index (κ2) is 5.30. The van der Waals surface area contributed by atoms with Crippen LogP contribution in [-0.2, 0) is 11.3 Å². The molecule has 3 rings (SSSR count). The number of likely N-dealkylation sites (tertiary alicyclic amines) is 1. The fourth-order valence-electron chi connectivity index (χ4n) is 3.40. The zero-order valence-corrected chi connectivity index (χ0v) is 13.9. The Labute approximate surface area is 134 Å². The number of carbonyl (C=O) groups excluding carboxylic acids is 1. The molecule has 2 bridgehead atoms. The van der Waals surface area contributed by atoms with E-state index in [9.17, 15) is 9.59 Å². The van der Waals surface area contributed by atoms with Crippen molar-refractivity contribution in [2.24, 2.45) is 5.92 Å². The second-order valence-corrected chi connectivity index (χ2v) is 7.67. The van der Waals surface area contributed by atoms with E-state index in [1.54, 1.807) is 9.47 Å². The zero-order valence-electron chi connectivity index (χ0n) is 13.1. The molecule has 2 atom stereocenters. The number of aromatic nitrogens is 1. The van der Waals surface area contributed by atoms with Gasteiger partial charge in [-0.25, -0.2) is 4.79 Å². The lowest BCUT2D eigenvalue weighted by Crippen LogP contribution is -2.50. The molecule has 1 amide bonds. The summed E-state index contributed by atoms with van der Waals surface area (Å²) in [5, 5.41) is 0.462. The summed E-state index contributed by atoms with van der Waals surface area (Å²) >= 11 is 6.03. The number of halogens is 1. The minimum Gasteiger partial charge on any atom is -0.444 e. The molecule has 1 aromatic heterocycles. The Balaban J connectivity index is 1.85. The van der Waals surface area contributed by atoms with Crippen molar-refractivity contribution in [2.75, 3.05) is 13.1 Å². The molecule has 5 nitrogen and oxygen atoms in total. The van der Waals surface area contributed by atoms with Gasteiger partial charge in [-0.2, -0.15) is 0 Å². The van der Waals surface area contributed by atoms with E-state index in [0.29, 0.717) is 24.7 Å². The summed E-state index contributed by atoms with van der Waals surface area (Å²) in [6.07, 6.45) is 0.707. The molecular weight excluding hydrogens is 304 g/mol. The molecule has 1 fully saturated rings. The van der Waals surface area contributed by atoms with Crippen molar-refractivity contribution in [1.82, 2.24) is 9.47 Å². The molecule has 6 heteroatoms. The fourth-order valence-corrected chi connectivity index (χ4v) is 3.61. The summed E-state index contributed by atoms with van der Waals surface area (Å²) in [4.78, 5) is 26.2. The number of amides is 1. The number of piperidine rings is 1. The fraction of sp³-hybridized carbons (Fsp3) is 0.625. The summed E-state index contributed by atoms with van der Waals surface area (Å²) in [6, 6.07) is 3.31. The number of hydrogen-bond acceptors (Lipinski definition) is 3. The topological polar surface area (TPSA) is 51.5 Å². The molecule has 120 valence electrons. The lowest BCUT2D eigenvalue weighted by atomic mass is 9.83. The average molecular weight is 325 g/mol. The Hall–Kier alpha value is -1.49. The maximum absolute atomic E-state index is 12.3. The van der Waals surface area contributed by atoms with E-state index in [0.717, 1.165) is 12.1 Å². The minimum absolute atomic E-state index is 0.0529. The van der Waals surface area contributed by atoms with Crippen LogP contribution in [0.3, 0.4) is 0 Å². The van der Waals surface area contributed by atoms with Crippen molar-refractivity contribution in [3.8, 4) is 0 Å². The van der Waals surface area contributed by atoms with Crippen LogP contribution in [0.4, 0.5) is 4.79 Å². The monoisotopic (exact) mass is 324 g/mol. The predicted octanol–water partition coefficient (Wildman–Crippen LogP) is 2.86. The Morgan fingerprint density at radius 2 is 2.00 bits per heavy atom. The molecule has 1 aromatic rings. The van der Waals surface area contributed by atoms with Crippen molar-refractivity contribution >= 4 is 17.7 Å². The molecule has 1 unspecified atom stereocenters. The van der Waals surface area contributed by atoms with Gasteiger partial charge in [0.2, 0.25) is 0 Å². The molecule has 3 heterocycles. The van der Waals surface area contributed by atoms with Crippen LogP contribution < -0.4 is 5.56 Å². The first-order chi connectivity index (χ1) is 10.2. The summed E-state index contributed by atoms with van der Waals surface area (Å²) in [7, 11) is 0. The van der Waals surface area contributed by atoms with Crippen LogP contribution in [0.1, 0.15) is 38.8 Å². The Morgan fingerprint density at radius 3 is 2.68 bits per heavy atom. The number of rotatable bonds is 0. The molecular formula is C16H21ClN2O3. The first-order valence-corrected chi connectivity index (χ1v) is 7.99. The van der Waals surface area contributed by atoms with Gasteiger partial charge in [0.1, 0.15) is 5.60 Å². The van der Waals surface area contributed by atoms with Crippen molar-refractivity contribution in [3.63, 3.8) is 0 Å². The molecule has 0 aliphatic carbocycles. The minimum atomic E-state index is -0.498. The van der Waals surface area contributed by atoms with Gasteiger partial charge < -0.3 is 14.2 Å². The van der Waals surface area contributed by atoms with Crippen molar-refractivity contribution in [1.29, 1.82) is 0 Å². The van der Waals surface area contributed by atoms with E-state index in [2.05, 4.69) is 0 Å². The number of ether oxygens (including phenoxy) is 1. The Bertz CT molecular complexity index is 662. The largest absolute Gasteiger partial charge is 0.444 e. The van der Waals surface area contributed by atoms with Gasteiger partial charge in [-0.1, -0.05) is 11.6 Å². The molecule has 2 aliphatic heterocycles. The molecule has 0 spiro atoms. The molecule has 0 saturated carbocycles. The van der Waals surface area contributed by atoms with Crippen molar-refractivity contribution in [3.05, 3.63) is 33.2 Å². The van der Waals surface area contributed by atoms with Gasteiger partial charge in [0.15, 0.2) is 0 Å². The number of pyridine rings is 1. The highest BCUT2D eigenvalue weighted by Gasteiger charge is 2.37. The summed E-state index contributed by atoms with van der Waals surface area (Å²) in [5.74, 6) is 0.434. The van der Waals surface area contributed by atoms with E-state index in [1.165, 1.54) is 6.07 Å². The summed E-state index contributed by atoms with van der Waals surface area (Å²) in [6.45, 7) is 7.45. The molecule has 0 aromatic carbocycles. The summed E-state index contributed by atoms with van der Waals surface area (Å²) < 4.78 is 7.27. The maximum Gasteiger partial charge on any atom is 0.410 e. The Morgan fingerprint density at radius 1 is 1.27 bits per heavy atom. The molecule has 2 aliphatic rings. The van der Waals surface area contributed by atoms with E-state index >= 15 is 0 Å². The average Bonchev–Trinajstić information content (AvgIpc) is 2.38. The van der Waals surface area contributed by atoms with E-state index in [4.69, 9.17) is 16.3 Å². The van der Waals surface area contributed by atoms with Gasteiger partial charge in [0.05, 0.1) is 0 Å². The van der Waals surface area contributed by atoms with Crippen LogP contribution in [0.25, 0.3) is 0 Å². The summed E-state index contributed by atoms with van der Waals surface area (Å²) in [5.41, 5.74) is 0.381. The number of carbonyl (C=O) groups is 1. The van der Waals surface area contributed by atoms with Gasteiger partial charge in [-0.3, -0.25) is 4.79 Å². The third-order valence-electron chi connectivity index (χ3n) is 4.17. The lowest BCUT2D eigenvalue weighted by molar-refractivity contribution is 0.0102. The number of fused-ring (bicyclic) bond motifs is 4. The van der Waals surface area contributed by atoms with Crippen LogP contribution >= 0.6 is 11.6 Å². The highest BCUT2D eigenvalue weighted by Crippen LogP contribution is 2.36. The third kappa shape index (κ3) is 3.00. The van der Waals surface area contributed by atoms with Crippen molar-refractivity contribution in [2.45, 2.75) is 45.3 Å². The predicted molar refractivity (Wildman–Crippen MR) is 84.4 cm³/mol. The first kappa shape index (κ1) is 15.4. The molecule has 22 heavy (non-hydrogen) atoms. The normalized spacial score (nSPS) is 23.9. The second-order valence-electron chi connectivity index (χ2n) is 7.23. The van der Waals surface area contributed by atoms with Gasteiger partial charge in [-0.05, 0) is 39.2 Å². The van der Waals surface area contributed by atoms with Crippen LogP contribution in [0, 0.1) is 5.92 Å². The van der Waals surface area contributed by atoms with Gasteiger partial charge in [0.25, 0.3) is 5.56 Å². The number of hydrogen-bond donors (Lipinski definition) is 0. The van der Waals surface area contributed by atoms with Crippen LogP contribution in [0.5, 0.6) is 0 Å². The van der Waals surface area contributed by atoms with Crippen LogP contribution in [0.15, 0.2) is 16.9 Å². The first-order valence-electron chi connectivity index (χ1n) is 7.61. The maximum atomic E-state index is 12.3. The van der Waals surface area contributed by atoms with Gasteiger partial charge >= 0.3 is 6.09 Å². The molecule has 0 radical (unpaired) electrons.